The predicted molar refractivity (Wildman–Crippen MR) is 121 cm³/mol. The monoisotopic (exact) mass is 441 g/mol. The highest BCUT2D eigenvalue weighted by Crippen LogP contribution is 2.61. The van der Waals surface area contributed by atoms with Crippen molar-refractivity contribution in [2.45, 2.75) is 71.6 Å². The van der Waals surface area contributed by atoms with Crippen LogP contribution in [0, 0.1) is 30.1 Å². The van der Waals surface area contributed by atoms with Gasteiger partial charge in [-0.15, -0.1) is 0 Å². The smallest absolute Gasteiger partial charge is 0.272 e. The number of hydrogen-bond donors (Lipinski definition) is 1. The number of benzene rings is 1. The average Bonchev–Trinajstić information content (AvgIpc) is 3.20. The average molecular weight is 442 g/mol. The molecule has 1 unspecified atom stereocenters. The molecular formula is C25H32ClN3O2. The van der Waals surface area contributed by atoms with Gasteiger partial charge >= 0.3 is 0 Å². The van der Waals surface area contributed by atoms with Gasteiger partial charge in [0.15, 0.2) is 6.73 Å². The van der Waals surface area contributed by atoms with Crippen molar-refractivity contribution in [3.8, 4) is 5.75 Å². The van der Waals surface area contributed by atoms with E-state index < -0.39 is 0 Å². The van der Waals surface area contributed by atoms with Crippen molar-refractivity contribution in [2.75, 3.05) is 0 Å². The fourth-order valence-electron chi connectivity index (χ4n) is 6.94. The number of aromatic nitrogens is 2. The lowest BCUT2D eigenvalue weighted by molar-refractivity contribution is -0.0727. The maximum absolute atomic E-state index is 13.0. The summed E-state index contributed by atoms with van der Waals surface area (Å²) in [5, 5.41) is 8.38. The van der Waals surface area contributed by atoms with E-state index in [2.05, 4.69) is 17.3 Å². The Hall–Kier alpha value is -2.01. The highest BCUT2D eigenvalue weighted by atomic mass is 35.5. The highest BCUT2D eigenvalue weighted by molar-refractivity contribution is 6.32. The van der Waals surface area contributed by atoms with Crippen LogP contribution in [0.1, 0.15) is 67.9 Å². The number of nitrogens with one attached hydrogen (secondary N) is 1. The van der Waals surface area contributed by atoms with Crippen molar-refractivity contribution < 1.29 is 9.53 Å². The molecule has 166 valence electrons. The Morgan fingerprint density at radius 3 is 2.55 bits per heavy atom. The van der Waals surface area contributed by atoms with Gasteiger partial charge in [-0.05, 0) is 98.8 Å². The van der Waals surface area contributed by atoms with Gasteiger partial charge in [-0.1, -0.05) is 24.6 Å². The second-order valence-electron chi connectivity index (χ2n) is 10.2. The minimum absolute atomic E-state index is 0.0741. The summed E-state index contributed by atoms with van der Waals surface area (Å²) in [6, 6.07) is 7.67. The van der Waals surface area contributed by atoms with Crippen molar-refractivity contribution in [1.29, 1.82) is 0 Å². The molecule has 6 heteroatoms. The Kier molecular flexibility index (Phi) is 5.49. The van der Waals surface area contributed by atoms with Crippen LogP contribution >= 0.6 is 11.6 Å². The minimum atomic E-state index is -0.0741. The van der Waals surface area contributed by atoms with Crippen molar-refractivity contribution in [3.05, 3.63) is 46.7 Å². The first-order chi connectivity index (χ1) is 14.9. The molecule has 0 spiro atoms. The van der Waals surface area contributed by atoms with Crippen LogP contribution in [0.4, 0.5) is 0 Å². The zero-order valence-electron chi connectivity index (χ0n) is 18.4. The molecule has 31 heavy (non-hydrogen) atoms. The van der Waals surface area contributed by atoms with Crippen LogP contribution in [0.3, 0.4) is 0 Å². The molecule has 1 N–H and O–H groups in total. The van der Waals surface area contributed by atoms with E-state index >= 15 is 0 Å². The summed E-state index contributed by atoms with van der Waals surface area (Å²) in [4.78, 5) is 13.0. The third-order valence-corrected chi connectivity index (χ3v) is 8.16. The second-order valence-corrected chi connectivity index (χ2v) is 10.6. The van der Waals surface area contributed by atoms with E-state index in [1.807, 2.05) is 25.1 Å². The number of carbonyl (C=O) groups is 1. The van der Waals surface area contributed by atoms with Crippen LogP contribution < -0.4 is 10.1 Å². The lowest BCUT2D eigenvalue weighted by Gasteiger charge is -2.59. The number of carbonyl (C=O) groups excluding carboxylic acids is 1. The van der Waals surface area contributed by atoms with Gasteiger partial charge in [-0.25, -0.2) is 4.68 Å². The maximum atomic E-state index is 13.0. The van der Waals surface area contributed by atoms with Gasteiger partial charge in [-0.3, -0.25) is 4.79 Å². The molecule has 4 bridgehead atoms. The molecule has 2 aromatic rings. The van der Waals surface area contributed by atoms with Gasteiger partial charge in [0, 0.05) is 12.2 Å². The molecule has 1 heterocycles. The molecule has 4 saturated carbocycles. The number of rotatable bonds is 7. The van der Waals surface area contributed by atoms with E-state index in [0.29, 0.717) is 21.9 Å². The normalized spacial score (nSPS) is 29.7. The quantitative estimate of drug-likeness (QED) is 0.607. The molecule has 6 rings (SSSR count). The fraction of sp³-hybridized carbons (Fsp3) is 0.600. The molecule has 5 nitrogen and oxygen atoms in total. The van der Waals surface area contributed by atoms with Gasteiger partial charge in [0.05, 0.1) is 5.02 Å². The zero-order valence-corrected chi connectivity index (χ0v) is 19.2. The van der Waals surface area contributed by atoms with Crippen LogP contribution in [0.5, 0.6) is 5.75 Å². The maximum Gasteiger partial charge on any atom is 0.272 e. The van der Waals surface area contributed by atoms with E-state index in [1.165, 1.54) is 38.5 Å². The summed E-state index contributed by atoms with van der Waals surface area (Å²) < 4.78 is 7.44. The van der Waals surface area contributed by atoms with Crippen molar-refractivity contribution >= 4 is 17.5 Å². The van der Waals surface area contributed by atoms with E-state index in [4.69, 9.17) is 16.3 Å². The Balaban J connectivity index is 1.23. The van der Waals surface area contributed by atoms with Crippen LogP contribution in [0.25, 0.3) is 0 Å². The fourth-order valence-corrected chi connectivity index (χ4v) is 7.11. The number of halogens is 1. The first-order valence-corrected chi connectivity index (χ1v) is 12.0. The Morgan fingerprint density at radius 2 is 1.90 bits per heavy atom. The molecule has 4 fully saturated rings. The molecular weight excluding hydrogens is 410 g/mol. The molecule has 1 atom stereocenters. The SMILES string of the molecule is CCC(NC(=O)c1ccn(COc2cc(C)ccc2Cl)n1)C12CC3CC(CC(C3)C1)C2. The molecule has 4 aliphatic rings. The number of aryl methyl sites for hydroxylation is 1. The summed E-state index contributed by atoms with van der Waals surface area (Å²) in [5.41, 5.74) is 1.82. The first kappa shape index (κ1) is 20.9. The largest absolute Gasteiger partial charge is 0.470 e. The van der Waals surface area contributed by atoms with Gasteiger partial charge in [0.25, 0.3) is 5.91 Å². The van der Waals surface area contributed by atoms with E-state index in [-0.39, 0.29) is 18.7 Å². The number of ether oxygens (including phenoxy) is 1. The summed E-state index contributed by atoms with van der Waals surface area (Å²) in [5.74, 6) is 3.18. The lowest BCUT2D eigenvalue weighted by Crippen LogP contribution is -2.56. The minimum Gasteiger partial charge on any atom is -0.470 e. The third-order valence-electron chi connectivity index (χ3n) is 7.85. The van der Waals surface area contributed by atoms with Gasteiger partial charge in [-0.2, -0.15) is 5.10 Å². The van der Waals surface area contributed by atoms with Gasteiger partial charge in [0.2, 0.25) is 0 Å². The molecule has 0 saturated heterocycles. The van der Waals surface area contributed by atoms with Crippen LogP contribution in [0.2, 0.25) is 5.02 Å². The molecule has 4 aliphatic carbocycles. The summed E-state index contributed by atoms with van der Waals surface area (Å²) >= 11 is 6.20. The molecule has 1 aromatic carbocycles. The van der Waals surface area contributed by atoms with Crippen LogP contribution in [-0.2, 0) is 6.73 Å². The van der Waals surface area contributed by atoms with Crippen LogP contribution in [-0.4, -0.2) is 21.7 Å². The van der Waals surface area contributed by atoms with E-state index in [0.717, 1.165) is 29.7 Å². The number of hydrogen-bond acceptors (Lipinski definition) is 3. The van der Waals surface area contributed by atoms with Crippen molar-refractivity contribution in [3.63, 3.8) is 0 Å². The Labute approximate surface area is 189 Å². The van der Waals surface area contributed by atoms with Crippen molar-refractivity contribution in [2.24, 2.45) is 23.2 Å². The Morgan fingerprint density at radius 1 is 1.23 bits per heavy atom. The predicted octanol–water partition coefficient (Wildman–Crippen LogP) is 5.61. The van der Waals surface area contributed by atoms with E-state index in [9.17, 15) is 4.79 Å². The summed E-state index contributed by atoms with van der Waals surface area (Å²) in [6.07, 6.45) is 10.9. The van der Waals surface area contributed by atoms with Crippen molar-refractivity contribution in [1.82, 2.24) is 15.1 Å². The van der Waals surface area contributed by atoms with Crippen LogP contribution in [0.15, 0.2) is 30.5 Å². The standard InChI is InChI=1S/C25H32ClN3O2/c1-3-23(25-12-17-9-18(13-25)11-19(10-17)14-25)27-24(30)21-6-7-29(28-21)15-31-22-8-16(2)4-5-20(22)26/h4-8,17-19,23H,3,9-15H2,1-2H3,(H,27,30). The zero-order chi connectivity index (χ0) is 21.6. The number of amides is 1. The Bertz CT molecular complexity index is 934. The summed E-state index contributed by atoms with van der Waals surface area (Å²) in [7, 11) is 0. The van der Waals surface area contributed by atoms with Gasteiger partial charge in [0.1, 0.15) is 11.4 Å². The molecule has 1 aromatic heterocycles. The molecule has 0 aliphatic heterocycles. The highest BCUT2D eigenvalue weighted by Gasteiger charge is 2.54. The molecule has 0 radical (unpaired) electrons. The van der Waals surface area contributed by atoms with Gasteiger partial charge < -0.3 is 10.1 Å². The lowest BCUT2D eigenvalue weighted by atomic mass is 9.47. The van der Waals surface area contributed by atoms with E-state index in [1.54, 1.807) is 16.9 Å². The summed E-state index contributed by atoms with van der Waals surface area (Å²) in [6.45, 7) is 4.41. The first-order valence-electron chi connectivity index (χ1n) is 11.7. The topological polar surface area (TPSA) is 56.2 Å². The number of nitrogens with zero attached hydrogens (tertiary/aromatic N) is 2. The molecule has 1 amide bonds. The third kappa shape index (κ3) is 4.09. The second kappa shape index (κ2) is 8.16.